The van der Waals surface area contributed by atoms with E-state index in [0.29, 0.717) is 12.2 Å². The summed E-state index contributed by atoms with van der Waals surface area (Å²) in [5.41, 5.74) is 2.13. The van der Waals surface area contributed by atoms with Gasteiger partial charge in [-0.15, -0.1) is 0 Å². The standard InChI is InChI=1S/C24H28FN5O/c1-5-6-16-15-27-30-20(16)13-14-26-22-19(11-12-21(25)29-22)23(31)28-18-9-7-17(8-10-18)24(2,3)4/h6-13,15,30H,5,14H2,1-4H3,(H,26,29)(H,28,31)/b16-6-,20-13+. The number of anilines is 2. The van der Waals surface area contributed by atoms with Crippen LogP contribution in [0.1, 0.15) is 50.0 Å². The van der Waals surface area contributed by atoms with Crippen LogP contribution in [0.3, 0.4) is 0 Å². The molecule has 162 valence electrons. The lowest BCUT2D eigenvalue weighted by Crippen LogP contribution is -2.24. The summed E-state index contributed by atoms with van der Waals surface area (Å²) in [4.78, 5) is 16.7. The van der Waals surface area contributed by atoms with Gasteiger partial charge in [-0.3, -0.25) is 9.89 Å². The van der Waals surface area contributed by atoms with Gasteiger partial charge in [-0.05, 0) is 47.7 Å². The average molecular weight is 422 g/mol. The number of pyridine rings is 1. The Morgan fingerprint density at radius 2 is 1.87 bits per heavy atom. The van der Waals surface area contributed by atoms with E-state index < -0.39 is 5.95 Å². The number of halogens is 1. The molecule has 0 aliphatic heterocycles. The van der Waals surface area contributed by atoms with Gasteiger partial charge in [0, 0.05) is 17.5 Å². The average Bonchev–Trinajstić information content (AvgIpc) is 3.15. The highest BCUT2D eigenvalue weighted by atomic mass is 19.1. The zero-order valence-electron chi connectivity index (χ0n) is 18.3. The number of H-pyrrole nitrogens is 1. The summed E-state index contributed by atoms with van der Waals surface area (Å²) in [6.45, 7) is 8.79. The van der Waals surface area contributed by atoms with E-state index in [1.807, 2.05) is 37.3 Å². The Balaban J connectivity index is 1.77. The second-order valence-electron chi connectivity index (χ2n) is 8.25. The summed E-state index contributed by atoms with van der Waals surface area (Å²) in [5.74, 6) is -0.837. The molecule has 0 atom stereocenters. The first kappa shape index (κ1) is 22.2. The number of hydrogen-bond acceptors (Lipinski definition) is 4. The Morgan fingerprint density at radius 1 is 1.13 bits per heavy atom. The van der Waals surface area contributed by atoms with Crippen molar-refractivity contribution in [2.24, 2.45) is 0 Å². The van der Waals surface area contributed by atoms with Crippen LogP contribution in [0.25, 0.3) is 12.2 Å². The zero-order chi connectivity index (χ0) is 22.4. The minimum atomic E-state index is -0.657. The number of rotatable bonds is 6. The van der Waals surface area contributed by atoms with Crippen LogP contribution in [0.4, 0.5) is 15.9 Å². The van der Waals surface area contributed by atoms with Crippen molar-refractivity contribution in [1.82, 2.24) is 15.2 Å². The predicted octanol–water partition coefficient (Wildman–Crippen LogP) is 3.58. The molecule has 1 aromatic carbocycles. The van der Waals surface area contributed by atoms with Crippen molar-refractivity contribution in [3.63, 3.8) is 0 Å². The van der Waals surface area contributed by atoms with Gasteiger partial charge in [-0.25, -0.2) is 4.98 Å². The lowest BCUT2D eigenvalue weighted by Gasteiger charge is -2.19. The number of carbonyl (C=O) groups is 1. The van der Waals surface area contributed by atoms with Crippen molar-refractivity contribution in [1.29, 1.82) is 0 Å². The molecule has 0 bridgehead atoms. The molecule has 3 rings (SSSR count). The van der Waals surface area contributed by atoms with Crippen molar-refractivity contribution in [2.75, 3.05) is 17.2 Å². The molecule has 2 heterocycles. The van der Waals surface area contributed by atoms with E-state index in [4.69, 9.17) is 0 Å². The van der Waals surface area contributed by atoms with E-state index in [1.165, 1.54) is 17.7 Å². The number of benzene rings is 1. The number of nitrogens with zero attached hydrogens (tertiary/aromatic N) is 2. The molecule has 0 fully saturated rings. The molecule has 31 heavy (non-hydrogen) atoms. The lowest BCUT2D eigenvalue weighted by molar-refractivity contribution is 0.102. The van der Waals surface area contributed by atoms with Crippen molar-refractivity contribution < 1.29 is 9.18 Å². The van der Waals surface area contributed by atoms with Crippen LogP contribution in [0.15, 0.2) is 42.6 Å². The minimum absolute atomic E-state index is 0.0282. The third kappa shape index (κ3) is 5.78. The molecule has 0 spiro atoms. The molecular weight excluding hydrogens is 393 g/mol. The summed E-state index contributed by atoms with van der Waals surface area (Å²) in [5, 5.41) is 14.7. The van der Waals surface area contributed by atoms with Crippen LogP contribution in [-0.2, 0) is 5.41 Å². The summed E-state index contributed by atoms with van der Waals surface area (Å²) in [6, 6.07) is 10.3. The SMILES string of the molecule is CC/C=c1/cn[nH]/c1=C/CNc1nc(F)ccc1C(=O)Nc1ccc(C(C)(C)C)cc1. The highest BCUT2D eigenvalue weighted by molar-refractivity contribution is 6.07. The molecule has 0 aliphatic carbocycles. The first-order valence-corrected chi connectivity index (χ1v) is 10.3. The van der Waals surface area contributed by atoms with Gasteiger partial charge in [0.05, 0.1) is 17.1 Å². The quantitative estimate of drug-likeness (QED) is 0.532. The van der Waals surface area contributed by atoms with E-state index in [-0.39, 0.29) is 22.7 Å². The summed E-state index contributed by atoms with van der Waals surface area (Å²) < 4.78 is 13.7. The fourth-order valence-corrected chi connectivity index (χ4v) is 3.11. The third-order valence-corrected chi connectivity index (χ3v) is 4.81. The first-order valence-electron chi connectivity index (χ1n) is 10.3. The largest absolute Gasteiger partial charge is 0.366 e. The Morgan fingerprint density at radius 3 is 2.55 bits per heavy atom. The van der Waals surface area contributed by atoms with E-state index in [1.54, 1.807) is 6.20 Å². The highest BCUT2D eigenvalue weighted by Crippen LogP contribution is 2.24. The summed E-state index contributed by atoms with van der Waals surface area (Å²) in [6.07, 6.45) is 6.58. The molecule has 1 amide bonds. The van der Waals surface area contributed by atoms with Crippen molar-refractivity contribution >= 4 is 29.6 Å². The van der Waals surface area contributed by atoms with Gasteiger partial charge in [0.15, 0.2) is 0 Å². The van der Waals surface area contributed by atoms with Crippen LogP contribution < -0.4 is 21.2 Å². The third-order valence-electron chi connectivity index (χ3n) is 4.81. The van der Waals surface area contributed by atoms with Crippen LogP contribution in [0.5, 0.6) is 0 Å². The topological polar surface area (TPSA) is 82.7 Å². The van der Waals surface area contributed by atoms with Crippen LogP contribution in [-0.4, -0.2) is 27.6 Å². The predicted molar refractivity (Wildman–Crippen MR) is 123 cm³/mol. The number of aromatic amines is 1. The maximum atomic E-state index is 13.7. The number of nitrogens with one attached hydrogen (secondary N) is 3. The van der Waals surface area contributed by atoms with Gasteiger partial charge in [0.1, 0.15) is 5.82 Å². The first-order chi connectivity index (χ1) is 14.8. The van der Waals surface area contributed by atoms with Gasteiger partial charge in [0.25, 0.3) is 5.91 Å². The van der Waals surface area contributed by atoms with Crippen molar-refractivity contribution in [2.45, 2.75) is 39.5 Å². The fourth-order valence-electron chi connectivity index (χ4n) is 3.11. The van der Waals surface area contributed by atoms with Crippen molar-refractivity contribution in [3.05, 3.63) is 70.2 Å². The number of hydrogen-bond donors (Lipinski definition) is 3. The molecule has 7 heteroatoms. The molecule has 2 aromatic heterocycles. The fraction of sp³-hybridized carbons (Fsp3) is 0.292. The summed E-state index contributed by atoms with van der Waals surface area (Å²) in [7, 11) is 0. The van der Waals surface area contributed by atoms with Gasteiger partial charge >= 0.3 is 0 Å². The number of aromatic nitrogens is 3. The van der Waals surface area contributed by atoms with Crippen LogP contribution in [0.2, 0.25) is 0 Å². The Bertz CT molecular complexity index is 1160. The maximum Gasteiger partial charge on any atom is 0.259 e. The Hall–Kier alpha value is -3.48. The van der Waals surface area contributed by atoms with E-state index in [9.17, 15) is 9.18 Å². The smallest absolute Gasteiger partial charge is 0.259 e. The molecule has 0 saturated carbocycles. The molecule has 3 aromatic rings. The molecule has 0 unspecified atom stereocenters. The molecule has 0 radical (unpaired) electrons. The lowest BCUT2D eigenvalue weighted by atomic mass is 9.87. The maximum absolute atomic E-state index is 13.7. The monoisotopic (exact) mass is 421 g/mol. The molecule has 0 aliphatic rings. The van der Waals surface area contributed by atoms with Gasteiger partial charge in [-0.2, -0.15) is 9.49 Å². The van der Waals surface area contributed by atoms with Crippen LogP contribution >= 0.6 is 0 Å². The van der Waals surface area contributed by atoms with Gasteiger partial charge in [0.2, 0.25) is 5.95 Å². The Kier molecular flexibility index (Phi) is 6.84. The normalized spacial score (nSPS) is 12.8. The molecule has 3 N–H and O–H groups in total. The van der Waals surface area contributed by atoms with Crippen molar-refractivity contribution in [3.8, 4) is 0 Å². The Labute approximate surface area is 181 Å². The second-order valence-corrected chi connectivity index (χ2v) is 8.25. The van der Waals surface area contributed by atoms with E-state index in [2.05, 4.69) is 52.7 Å². The minimum Gasteiger partial charge on any atom is -0.366 e. The van der Waals surface area contributed by atoms with Crippen LogP contribution in [0, 0.1) is 5.95 Å². The van der Waals surface area contributed by atoms with E-state index in [0.717, 1.165) is 17.0 Å². The summed E-state index contributed by atoms with van der Waals surface area (Å²) >= 11 is 0. The zero-order valence-corrected chi connectivity index (χ0v) is 18.3. The van der Waals surface area contributed by atoms with Gasteiger partial charge < -0.3 is 10.6 Å². The molecule has 6 nitrogen and oxygen atoms in total. The second kappa shape index (κ2) is 9.55. The number of carbonyl (C=O) groups excluding carboxylic acids is 1. The molecular formula is C24H28FN5O. The molecule has 0 saturated heterocycles. The number of amides is 1. The highest BCUT2D eigenvalue weighted by Gasteiger charge is 2.16. The van der Waals surface area contributed by atoms with E-state index >= 15 is 0 Å². The van der Waals surface area contributed by atoms with Gasteiger partial charge in [-0.1, -0.05) is 45.9 Å².